The van der Waals surface area contributed by atoms with E-state index in [0.717, 1.165) is 56.0 Å². The molecule has 0 radical (unpaired) electrons. The first-order chi connectivity index (χ1) is 15.2. The highest BCUT2D eigenvalue weighted by Gasteiger charge is 2.15. The fourth-order valence-electron chi connectivity index (χ4n) is 3.75. The third kappa shape index (κ3) is 5.95. The van der Waals surface area contributed by atoms with Gasteiger partial charge >= 0.3 is 0 Å². The van der Waals surface area contributed by atoms with E-state index >= 15 is 0 Å². The number of nitrogens with zero attached hydrogens (tertiary/aromatic N) is 1. The van der Waals surface area contributed by atoms with Crippen LogP contribution in [0.3, 0.4) is 0 Å². The molecule has 0 bridgehead atoms. The van der Waals surface area contributed by atoms with E-state index < -0.39 is 0 Å². The Kier molecular flexibility index (Phi) is 7.38. The maximum Gasteiger partial charge on any atom is 0.227 e. The summed E-state index contributed by atoms with van der Waals surface area (Å²) in [5, 5.41) is 0.912. The minimum atomic E-state index is -0.222. The van der Waals surface area contributed by atoms with Gasteiger partial charge in [-0.05, 0) is 62.8 Å². The average Bonchev–Trinajstić information content (AvgIpc) is 3.18. The second kappa shape index (κ2) is 10.6. The number of aryl methyl sites for hydroxylation is 1. The molecule has 3 aromatic rings. The van der Waals surface area contributed by atoms with E-state index in [2.05, 4.69) is 4.57 Å². The van der Waals surface area contributed by atoms with Crippen LogP contribution >= 0.6 is 0 Å². The second-order valence-corrected chi connectivity index (χ2v) is 7.80. The molecule has 1 aromatic carbocycles. The Hall–Kier alpha value is -2.64. The van der Waals surface area contributed by atoms with Crippen LogP contribution in [0.25, 0.3) is 10.9 Å². The highest BCUT2D eigenvalue weighted by molar-refractivity contribution is 5.80. The van der Waals surface area contributed by atoms with Crippen molar-refractivity contribution >= 4 is 10.9 Å². The van der Waals surface area contributed by atoms with Crippen LogP contribution in [-0.4, -0.2) is 24.1 Å². The van der Waals surface area contributed by atoms with E-state index in [9.17, 15) is 9.18 Å². The molecule has 1 atom stereocenters. The molecule has 1 saturated heterocycles. The fraction of sp³-hybridized carbons (Fsp3) is 0.458. The Morgan fingerprint density at radius 1 is 1.13 bits per heavy atom. The molecule has 0 spiro atoms. The zero-order valence-electron chi connectivity index (χ0n) is 17.6. The lowest BCUT2D eigenvalue weighted by molar-refractivity contribution is -0.171. The topological polar surface area (TPSA) is 62.8 Å². The predicted octanol–water partition coefficient (Wildman–Crippen LogP) is 5.03. The Morgan fingerprint density at radius 3 is 2.90 bits per heavy atom. The Morgan fingerprint density at radius 2 is 2.06 bits per heavy atom. The predicted molar refractivity (Wildman–Crippen MR) is 115 cm³/mol. The number of fused-ring (bicyclic) bond motifs is 1. The standard InChI is InChI=1S/C24H28FNO5/c25-19-7-8-21-18(14-19)9-11-26(21)10-3-1-4-12-28-23-17-30-20(15-22(23)27)16-31-24-6-2-5-13-29-24/h7-9,11,14-15,17,24H,1-6,10,12-13,16H2. The van der Waals surface area contributed by atoms with Crippen LogP contribution in [0.15, 0.2) is 52.0 Å². The molecule has 2 aromatic heterocycles. The number of hydrogen-bond donors (Lipinski definition) is 0. The number of unbranched alkanes of at least 4 members (excludes halogenated alkanes) is 2. The Bertz CT molecular complexity index is 1040. The number of hydrogen-bond acceptors (Lipinski definition) is 5. The van der Waals surface area contributed by atoms with Crippen molar-refractivity contribution in [1.82, 2.24) is 4.57 Å². The van der Waals surface area contributed by atoms with Gasteiger partial charge < -0.3 is 23.2 Å². The number of halogens is 1. The zero-order valence-corrected chi connectivity index (χ0v) is 17.6. The maximum atomic E-state index is 13.3. The number of benzene rings is 1. The lowest BCUT2D eigenvalue weighted by Gasteiger charge is -2.22. The number of ether oxygens (including phenoxy) is 3. The maximum absolute atomic E-state index is 13.3. The molecule has 0 saturated carbocycles. The molecule has 0 N–H and O–H groups in total. The molecular weight excluding hydrogens is 401 g/mol. The highest BCUT2D eigenvalue weighted by atomic mass is 19.1. The third-order valence-electron chi connectivity index (χ3n) is 5.44. The summed E-state index contributed by atoms with van der Waals surface area (Å²) in [7, 11) is 0. The normalized spacial score (nSPS) is 16.6. The minimum absolute atomic E-state index is 0.208. The van der Waals surface area contributed by atoms with Gasteiger partial charge in [0.05, 0.1) is 6.61 Å². The summed E-state index contributed by atoms with van der Waals surface area (Å²) in [6.45, 7) is 2.23. The van der Waals surface area contributed by atoms with Crippen LogP contribution in [-0.2, 0) is 22.6 Å². The van der Waals surface area contributed by atoms with Crippen molar-refractivity contribution in [1.29, 1.82) is 0 Å². The lowest BCUT2D eigenvalue weighted by Crippen LogP contribution is -2.22. The molecule has 1 unspecified atom stereocenters. The van der Waals surface area contributed by atoms with Crippen LogP contribution < -0.4 is 10.2 Å². The molecule has 166 valence electrons. The van der Waals surface area contributed by atoms with Crippen molar-refractivity contribution in [2.24, 2.45) is 0 Å². The van der Waals surface area contributed by atoms with Crippen LogP contribution in [0.2, 0.25) is 0 Å². The van der Waals surface area contributed by atoms with Crippen molar-refractivity contribution in [3.63, 3.8) is 0 Å². The van der Waals surface area contributed by atoms with Crippen LogP contribution in [0.1, 0.15) is 44.3 Å². The van der Waals surface area contributed by atoms with E-state index in [1.54, 1.807) is 6.07 Å². The SMILES string of the molecule is O=c1cc(COC2CCCCO2)occ1OCCCCCn1ccc2cc(F)ccc21. The molecule has 1 fully saturated rings. The van der Waals surface area contributed by atoms with E-state index in [-0.39, 0.29) is 29.9 Å². The quantitative estimate of drug-likeness (QED) is 0.423. The monoisotopic (exact) mass is 429 g/mol. The lowest BCUT2D eigenvalue weighted by atomic mass is 10.2. The molecule has 1 aliphatic heterocycles. The summed E-state index contributed by atoms with van der Waals surface area (Å²) < 4.78 is 37.6. The zero-order chi connectivity index (χ0) is 21.5. The van der Waals surface area contributed by atoms with Gasteiger partial charge in [-0.3, -0.25) is 4.79 Å². The van der Waals surface area contributed by atoms with Gasteiger partial charge in [0.2, 0.25) is 11.2 Å². The summed E-state index contributed by atoms with van der Waals surface area (Å²) in [4.78, 5) is 12.2. The summed E-state index contributed by atoms with van der Waals surface area (Å²) >= 11 is 0. The van der Waals surface area contributed by atoms with E-state index in [0.29, 0.717) is 19.0 Å². The summed E-state index contributed by atoms with van der Waals surface area (Å²) in [6, 6.07) is 8.19. The van der Waals surface area contributed by atoms with E-state index in [1.165, 1.54) is 18.4 Å². The van der Waals surface area contributed by atoms with E-state index in [1.807, 2.05) is 18.3 Å². The fourth-order valence-corrected chi connectivity index (χ4v) is 3.75. The first-order valence-corrected chi connectivity index (χ1v) is 10.9. The van der Waals surface area contributed by atoms with Crippen LogP contribution in [0.5, 0.6) is 5.75 Å². The van der Waals surface area contributed by atoms with Gasteiger partial charge in [0.15, 0.2) is 6.29 Å². The highest BCUT2D eigenvalue weighted by Crippen LogP contribution is 2.18. The van der Waals surface area contributed by atoms with Crippen molar-refractivity contribution in [2.45, 2.75) is 58.0 Å². The van der Waals surface area contributed by atoms with Crippen molar-refractivity contribution in [2.75, 3.05) is 13.2 Å². The second-order valence-electron chi connectivity index (χ2n) is 7.80. The molecule has 6 nitrogen and oxygen atoms in total. The molecular formula is C24H28FNO5. The first-order valence-electron chi connectivity index (χ1n) is 10.9. The Balaban J connectivity index is 1.16. The van der Waals surface area contributed by atoms with Crippen molar-refractivity contribution < 1.29 is 23.0 Å². The van der Waals surface area contributed by atoms with Crippen LogP contribution in [0, 0.1) is 5.82 Å². The minimum Gasteiger partial charge on any atom is -0.487 e. The van der Waals surface area contributed by atoms with Gasteiger partial charge in [0, 0.05) is 36.3 Å². The summed E-state index contributed by atoms with van der Waals surface area (Å²) in [5.74, 6) is 0.465. The van der Waals surface area contributed by atoms with Gasteiger partial charge in [-0.25, -0.2) is 4.39 Å². The molecule has 0 aliphatic carbocycles. The van der Waals surface area contributed by atoms with E-state index in [4.69, 9.17) is 18.6 Å². The van der Waals surface area contributed by atoms with Gasteiger partial charge in [0.1, 0.15) is 24.4 Å². The summed E-state index contributed by atoms with van der Waals surface area (Å²) in [6.07, 6.45) is 8.89. The summed E-state index contributed by atoms with van der Waals surface area (Å²) in [5.41, 5.74) is 0.829. The first kappa shape index (κ1) is 21.6. The van der Waals surface area contributed by atoms with Gasteiger partial charge in [-0.15, -0.1) is 0 Å². The van der Waals surface area contributed by atoms with Crippen molar-refractivity contribution in [3.8, 4) is 5.75 Å². The smallest absolute Gasteiger partial charge is 0.227 e. The van der Waals surface area contributed by atoms with Crippen molar-refractivity contribution in [3.05, 3.63) is 64.6 Å². The molecule has 7 heteroatoms. The number of aromatic nitrogens is 1. The number of rotatable bonds is 10. The molecule has 0 amide bonds. The average molecular weight is 429 g/mol. The van der Waals surface area contributed by atoms with Crippen LogP contribution in [0.4, 0.5) is 4.39 Å². The third-order valence-corrected chi connectivity index (χ3v) is 5.44. The van der Waals surface area contributed by atoms with Gasteiger partial charge in [-0.2, -0.15) is 0 Å². The molecule has 31 heavy (non-hydrogen) atoms. The molecule has 1 aliphatic rings. The molecule has 4 rings (SSSR count). The Labute approximate surface area is 180 Å². The van der Waals surface area contributed by atoms with Gasteiger partial charge in [0.25, 0.3) is 0 Å². The largest absolute Gasteiger partial charge is 0.487 e. The van der Waals surface area contributed by atoms with Gasteiger partial charge in [-0.1, -0.05) is 0 Å². The molecule has 3 heterocycles.